The van der Waals surface area contributed by atoms with Crippen LogP contribution in [0.5, 0.6) is 0 Å². The van der Waals surface area contributed by atoms with Gasteiger partial charge in [-0.2, -0.15) is 0 Å². The molecule has 0 aliphatic heterocycles. The fourth-order valence-corrected chi connectivity index (χ4v) is 3.36. The van der Waals surface area contributed by atoms with Crippen molar-refractivity contribution in [3.63, 3.8) is 0 Å². The maximum atomic E-state index is 2.36. The van der Waals surface area contributed by atoms with Crippen LogP contribution in [-0.4, -0.2) is 0 Å². The van der Waals surface area contributed by atoms with Gasteiger partial charge in [-0.25, -0.2) is 0 Å². The average Bonchev–Trinajstić information content (AvgIpc) is 2.63. The summed E-state index contributed by atoms with van der Waals surface area (Å²) < 4.78 is 0. The van der Waals surface area contributed by atoms with E-state index in [-0.39, 0.29) is 10.8 Å². The lowest BCUT2D eigenvalue weighted by atomic mass is 9.86. The summed E-state index contributed by atoms with van der Waals surface area (Å²) in [6.07, 6.45) is 0. The number of hydrogen-bond donors (Lipinski definition) is 0. The van der Waals surface area contributed by atoms with E-state index in [1.807, 2.05) is 0 Å². The third-order valence-electron chi connectivity index (χ3n) is 5.23. The minimum atomic E-state index is 0.113. The third-order valence-corrected chi connectivity index (χ3v) is 5.23. The van der Waals surface area contributed by atoms with Crippen molar-refractivity contribution in [2.24, 2.45) is 0 Å². The lowest BCUT2D eigenvalue weighted by Gasteiger charge is -2.29. The van der Waals surface area contributed by atoms with Crippen molar-refractivity contribution in [2.75, 3.05) is 4.90 Å². The van der Waals surface area contributed by atoms with Gasteiger partial charge in [0.05, 0.1) is 0 Å². The van der Waals surface area contributed by atoms with Gasteiger partial charge in [-0.1, -0.05) is 83.5 Å². The van der Waals surface area contributed by atoms with E-state index >= 15 is 0 Å². The van der Waals surface area contributed by atoms with Crippen LogP contribution in [0.2, 0.25) is 0 Å². The van der Waals surface area contributed by atoms with Crippen LogP contribution in [0.4, 0.5) is 17.1 Å². The summed E-state index contributed by atoms with van der Waals surface area (Å²) in [4.78, 5) is 2.36. The Kier molecular flexibility index (Phi) is 5.39. The molecule has 0 amide bonds. The molecule has 3 rings (SSSR count). The molecule has 0 aliphatic carbocycles. The molecule has 146 valence electrons. The van der Waals surface area contributed by atoms with Crippen molar-refractivity contribution in [2.45, 2.75) is 59.3 Å². The molecule has 3 aromatic rings. The van der Waals surface area contributed by atoms with E-state index in [1.54, 1.807) is 0 Å². The van der Waals surface area contributed by atoms with Crippen molar-refractivity contribution in [3.8, 4) is 0 Å². The summed E-state index contributed by atoms with van der Waals surface area (Å²) in [7, 11) is 0. The average molecular weight is 372 g/mol. The molecular formula is C27H33N. The van der Waals surface area contributed by atoms with Crippen molar-refractivity contribution in [1.82, 2.24) is 0 Å². The van der Waals surface area contributed by atoms with Crippen molar-refractivity contribution in [3.05, 3.63) is 89.5 Å². The smallest absolute Gasteiger partial charge is 0.0464 e. The van der Waals surface area contributed by atoms with E-state index in [0.29, 0.717) is 0 Å². The largest absolute Gasteiger partial charge is 0.310 e. The predicted octanol–water partition coefficient (Wildman–Crippen LogP) is 8.06. The lowest BCUT2D eigenvalue weighted by molar-refractivity contribution is 0.590. The van der Waals surface area contributed by atoms with Crippen molar-refractivity contribution in [1.29, 1.82) is 0 Å². The Balaban J connectivity index is 2.19. The Labute approximate surface area is 171 Å². The lowest BCUT2D eigenvalue weighted by Crippen LogP contribution is -2.16. The van der Waals surface area contributed by atoms with Gasteiger partial charge >= 0.3 is 0 Å². The predicted molar refractivity (Wildman–Crippen MR) is 123 cm³/mol. The molecule has 0 radical (unpaired) electrons. The second-order valence-electron chi connectivity index (χ2n) is 9.77. The van der Waals surface area contributed by atoms with Gasteiger partial charge in [0.15, 0.2) is 0 Å². The van der Waals surface area contributed by atoms with Gasteiger partial charge in [-0.15, -0.1) is 0 Å². The van der Waals surface area contributed by atoms with Crippen LogP contribution in [-0.2, 0) is 10.8 Å². The molecule has 0 spiro atoms. The molecule has 28 heavy (non-hydrogen) atoms. The minimum Gasteiger partial charge on any atom is -0.310 e. The Hall–Kier alpha value is -2.54. The Morgan fingerprint density at radius 1 is 0.536 bits per heavy atom. The highest BCUT2D eigenvalue weighted by Gasteiger charge is 2.20. The van der Waals surface area contributed by atoms with E-state index in [1.165, 1.54) is 33.8 Å². The zero-order valence-electron chi connectivity index (χ0n) is 18.4. The first-order chi connectivity index (χ1) is 13.1. The SMILES string of the molecule is Cc1ccc(N(c2cccc(C(C)(C)C)c2)c2cccc(C(C)(C)C)c2)cc1. The molecule has 0 saturated heterocycles. The number of anilines is 3. The molecule has 1 nitrogen and oxygen atoms in total. The first kappa shape index (κ1) is 20.2. The van der Waals surface area contributed by atoms with E-state index in [2.05, 4.69) is 126 Å². The molecule has 0 atom stereocenters. The van der Waals surface area contributed by atoms with Gasteiger partial charge < -0.3 is 4.90 Å². The summed E-state index contributed by atoms with van der Waals surface area (Å²) in [5.74, 6) is 0. The second kappa shape index (κ2) is 7.47. The van der Waals surface area contributed by atoms with Crippen molar-refractivity contribution >= 4 is 17.1 Å². The molecular weight excluding hydrogens is 338 g/mol. The summed E-state index contributed by atoms with van der Waals surface area (Å²) in [5, 5.41) is 0. The molecule has 0 N–H and O–H groups in total. The Morgan fingerprint density at radius 2 is 0.964 bits per heavy atom. The van der Waals surface area contributed by atoms with Gasteiger partial charge in [0.2, 0.25) is 0 Å². The van der Waals surface area contributed by atoms with Crippen LogP contribution in [0.3, 0.4) is 0 Å². The van der Waals surface area contributed by atoms with E-state index in [4.69, 9.17) is 0 Å². The van der Waals surface area contributed by atoms with Gasteiger partial charge in [-0.3, -0.25) is 0 Å². The molecule has 3 aromatic carbocycles. The molecule has 0 heterocycles. The first-order valence-corrected chi connectivity index (χ1v) is 10.1. The topological polar surface area (TPSA) is 3.24 Å². The zero-order chi connectivity index (χ0) is 20.5. The Morgan fingerprint density at radius 3 is 1.36 bits per heavy atom. The van der Waals surface area contributed by atoms with Crippen LogP contribution in [0, 0.1) is 6.92 Å². The van der Waals surface area contributed by atoms with Gasteiger partial charge in [-0.05, 0) is 65.3 Å². The van der Waals surface area contributed by atoms with Crippen LogP contribution in [0.15, 0.2) is 72.8 Å². The van der Waals surface area contributed by atoms with Crippen LogP contribution in [0.1, 0.15) is 58.2 Å². The highest BCUT2D eigenvalue weighted by molar-refractivity contribution is 5.77. The van der Waals surface area contributed by atoms with Gasteiger partial charge in [0, 0.05) is 17.1 Å². The summed E-state index contributed by atoms with van der Waals surface area (Å²) in [6.45, 7) is 15.7. The minimum absolute atomic E-state index is 0.113. The van der Waals surface area contributed by atoms with E-state index < -0.39 is 0 Å². The zero-order valence-corrected chi connectivity index (χ0v) is 18.4. The number of hydrogen-bond acceptors (Lipinski definition) is 1. The quantitative estimate of drug-likeness (QED) is 0.450. The van der Waals surface area contributed by atoms with Gasteiger partial charge in [0.25, 0.3) is 0 Å². The van der Waals surface area contributed by atoms with Crippen LogP contribution >= 0.6 is 0 Å². The number of aryl methyl sites for hydroxylation is 1. The maximum Gasteiger partial charge on any atom is 0.0464 e. The number of rotatable bonds is 3. The fraction of sp³-hybridized carbons (Fsp3) is 0.333. The standard InChI is InChI=1S/C27H33N/c1-20-14-16-23(17-15-20)28(24-12-8-10-21(18-24)26(2,3)4)25-13-9-11-22(19-25)27(5,6)7/h8-19H,1-7H3. The third kappa shape index (κ3) is 4.47. The first-order valence-electron chi connectivity index (χ1n) is 10.1. The van der Waals surface area contributed by atoms with Crippen molar-refractivity contribution < 1.29 is 0 Å². The highest BCUT2D eigenvalue weighted by Crippen LogP contribution is 2.38. The second-order valence-corrected chi connectivity index (χ2v) is 9.77. The molecule has 1 heteroatoms. The molecule has 0 aromatic heterocycles. The van der Waals surface area contributed by atoms with Gasteiger partial charge in [0.1, 0.15) is 0 Å². The maximum absolute atomic E-state index is 2.36. The monoisotopic (exact) mass is 371 g/mol. The molecule has 0 aliphatic rings. The van der Waals surface area contributed by atoms with Crippen LogP contribution < -0.4 is 4.90 Å². The normalized spacial score (nSPS) is 12.1. The Bertz CT molecular complexity index is 879. The summed E-state index contributed by atoms with van der Waals surface area (Å²) >= 11 is 0. The molecule has 0 fully saturated rings. The van der Waals surface area contributed by atoms with Crippen LogP contribution in [0.25, 0.3) is 0 Å². The summed E-state index contributed by atoms with van der Waals surface area (Å²) in [5.41, 5.74) is 7.76. The van der Waals surface area contributed by atoms with E-state index in [9.17, 15) is 0 Å². The number of nitrogens with zero attached hydrogens (tertiary/aromatic N) is 1. The number of benzene rings is 3. The molecule has 0 bridgehead atoms. The summed E-state index contributed by atoms with van der Waals surface area (Å²) in [6, 6.07) is 26.6. The van der Waals surface area contributed by atoms with E-state index in [0.717, 1.165) is 0 Å². The molecule has 0 saturated carbocycles. The molecule has 0 unspecified atom stereocenters. The fourth-order valence-electron chi connectivity index (χ4n) is 3.36. The highest BCUT2D eigenvalue weighted by atomic mass is 15.1.